The standard InChI is InChI=1S/C32H39N3O3/c1-24-18-19-26(23-25(24)2)38-22-12-11-21-35-29-15-8-7-14-28(29)34-31(35)17-5-4-10-20-33-32(36)27-13-6-9-16-30(27)37-3/h6-9,13-16,18-19,23H,4-5,10-12,17,20-22H2,1-3H3,(H,33,36). The summed E-state index contributed by atoms with van der Waals surface area (Å²) in [5.74, 6) is 2.59. The molecule has 6 heteroatoms. The SMILES string of the molecule is COc1ccccc1C(=O)NCCCCCc1nc2ccccc2n1CCCCOc1ccc(C)c(C)c1. The number of hydrogen-bond donors (Lipinski definition) is 1. The zero-order valence-corrected chi connectivity index (χ0v) is 22.8. The van der Waals surface area contributed by atoms with Gasteiger partial charge in [0.05, 0.1) is 30.3 Å². The van der Waals surface area contributed by atoms with Crippen molar-refractivity contribution >= 4 is 16.9 Å². The maximum Gasteiger partial charge on any atom is 0.255 e. The number of imidazole rings is 1. The number of ether oxygens (including phenoxy) is 2. The van der Waals surface area contributed by atoms with Crippen molar-refractivity contribution in [3.63, 3.8) is 0 Å². The molecule has 0 aliphatic carbocycles. The van der Waals surface area contributed by atoms with E-state index in [0.29, 0.717) is 24.5 Å². The van der Waals surface area contributed by atoms with Crippen molar-refractivity contribution in [2.75, 3.05) is 20.3 Å². The van der Waals surface area contributed by atoms with Crippen LogP contribution in [0.1, 0.15) is 59.4 Å². The number of methoxy groups -OCH3 is 1. The van der Waals surface area contributed by atoms with Crippen LogP contribution in [0.25, 0.3) is 11.0 Å². The number of nitrogens with one attached hydrogen (secondary N) is 1. The summed E-state index contributed by atoms with van der Waals surface area (Å²) in [5, 5.41) is 3.01. The molecule has 1 N–H and O–H groups in total. The number of aryl methyl sites for hydroxylation is 4. The molecule has 0 fully saturated rings. The molecule has 3 aromatic carbocycles. The lowest BCUT2D eigenvalue weighted by molar-refractivity contribution is 0.0950. The highest BCUT2D eigenvalue weighted by atomic mass is 16.5. The van der Waals surface area contributed by atoms with Gasteiger partial charge in [-0.2, -0.15) is 0 Å². The minimum Gasteiger partial charge on any atom is -0.496 e. The van der Waals surface area contributed by atoms with Gasteiger partial charge in [-0.05, 0) is 87.1 Å². The molecule has 1 heterocycles. The van der Waals surface area contributed by atoms with Gasteiger partial charge in [0.15, 0.2) is 0 Å². The molecule has 0 radical (unpaired) electrons. The Balaban J connectivity index is 1.22. The molecule has 0 saturated carbocycles. The van der Waals surface area contributed by atoms with E-state index in [2.05, 4.69) is 54.1 Å². The van der Waals surface area contributed by atoms with E-state index in [1.165, 1.54) is 16.6 Å². The highest BCUT2D eigenvalue weighted by molar-refractivity contribution is 5.96. The van der Waals surface area contributed by atoms with Crippen LogP contribution in [0, 0.1) is 13.8 Å². The van der Waals surface area contributed by atoms with E-state index < -0.39 is 0 Å². The molecule has 200 valence electrons. The lowest BCUT2D eigenvalue weighted by Gasteiger charge is -2.11. The number of unbranched alkanes of at least 4 members (excludes halogenated alkanes) is 3. The zero-order chi connectivity index (χ0) is 26.7. The van der Waals surface area contributed by atoms with Crippen LogP contribution in [0.5, 0.6) is 11.5 Å². The Hall–Kier alpha value is -3.80. The molecule has 0 aliphatic heterocycles. The first-order chi connectivity index (χ1) is 18.6. The Labute approximate surface area is 226 Å². The number of hydrogen-bond acceptors (Lipinski definition) is 4. The van der Waals surface area contributed by atoms with Crippen LogP contribution in [0.15, 0.2) is 66.7 Å². The highest BCUT2D eigenvalue weighted by Crippen LogP contribution is 2.20. The van der Waals surface area contributed by atoms with Crippen molar-refractivity contribution in [2.45, 2.75) is 58.9 Å². The largest absolute Gasteiger partial charge is 0.496 e. The molecule has 0 spiro atoms. The van der Waals surface area contributed by atoms with Gasteiger partial charge in [-0.25, -0.2) is 4.98 Å². The van der Waals surface area contributed by atoms with E-state index in [9.17, 15) is 4.79 Å². The van der Waals surface area contributed by atoms with E-state index in [-0.39, 0.29) is 5.91 Å². The second-order valence-electron chi connectivity index (χ2n) is 9.74. The molecule has 0 bridgehead atoms. The predicted octanol–water partition coefficient (Wildman–Crippen LogP) is 6.66. The highest BCUT2D eigenvalue weighted by Gasteiger charge is 2.12. The first-order valence-corrected chi connectivity index (χ1v) is 13.6. The number of carbonyl (C=O) groups is 1. The van der Waals surface area contributed by atoms with Gasteiger partial charge in [-0.1, -0.05) is 36.8 Å². The summed E-state index contributed by atoms with van der Waals surface area (Å²) in [5.41, 5.74) is 5.37. The number of rotatable bonds is 14. The first-order valence-electron chi connectivity index (χ1n) is 13.6. The van der Waals surface area contributed by atoms with Crippen molar-refractivity contribution in [1.82, 2.24) is 14.9 Å². The zero-order valence-electron chi connectivity index (χ0n) is 22.8. The van der Waals surface area contributed by atoms with Gasteiger partial charge in [0.25, 0.3) is 5.91 Å². The van der Waals surface area contributed by atoms with Gasteiger partial charge in [0, 0.05) is 19.5 Å². The summed E-state index contributed by atoms with van der Waals surface area (Å²) in [7, 11) is 1.58. The first kappa shape index (κ1) is 27.2. The summed E-state index contributed by atoms with van der Waals surface area (Å²) < 4.78 is 13.6. The Morgan fingerprint density at radius 1 is 0.895 bits per heavy atom. The third-order valence-electron chi connectivity index (χ3n) is 6.97. The Bertz CT molecular complexity index is 1350. The molecule has 4 rings (SSSR count). The average Bonchev–Trinajstić information content (AvgIpc) is 3.29. The second kappa shape index (κ2) is 13.7. The van der Waals surface area contributed by atoms with Crippen molar-refractivity contribution in [2.24, 2.45) is 0 Å². The lowest BCUT2D eigenvalue weighted by atomic mass is 10.1. The van der Waals surface area contributed by atoms with Crippen LogP contribution in [-0.2, 0) is 13.0 Å². The van der Waals surface area contributed by atoms with Crippen LogP contribution in [0.4, 0.5) is 0 Å². The van der Waals surface area contributed by atoms with Gasteiger partial charge in [-0.3, -0.25) is 4.79 Å². The normalized spacial score (nSPS) is 11.0. The van der Waals surface area contributed by atoms with Crippen molar-refractivity contribution in [3.8, 4) is 11.5 Å². The van der Waals surface area contributed by atoms with E-state index in [0.717, 1.165) is 62.2 Å². The van der Waals surface area contributed by atoms with Gasteiger partial charge in [-0.15, -0.1) is 0 Å². The molecule has 0 saturated heterocycles. The van der Waals surface area contributed by atoms with Crippen molar-refractivity contribution in [1.29, 1.82) is 0 Å². The molecular weight excluding hydrogens is 474 g/mol. The van der Waals surface area contributed by atoms with Crippen LogP contribution in [-0.4, -0.2) is 35.7 Å². The van der Waals surface area contributed by atoms with E-state index in [4.69, 9.17) is 14.5 Å². The minimum absolute atomic E-state index is 0.0919. The maximum atomic E-state index is 12.5. The average molecular weight is 514 g/mol. The molecular formula is C32H39N3O3. The fourth-order valence-corrected chi connectivity index (χ4v) is 4.65. The molecule has 0 unspecified atom stereocenters. The third-order valence-corrected chi connectivity index (χ3v) is 6.97. The number of aromatic nitrogens is 2. The number of benzene rings is 3. The maximum absolute atomic E-state index is 12.5. The quantitative estimate of drug-likeness (QED) is 0.191. The lowest BCUT2D eigenvalue weighted by Crippen LogP contribution is -2.24. The van der Waals surface area contributed by atoms with Gasteiger partial charge < -0.3 is 19.4 Å². The van der Waals surface area contributed by atoms with Gasteiger partial charge in [0.2, 0.25) is 0 Å². The fraction of sp³-hybridized carbons (Fsp3) is 0.375. The van der Waals surface area contributed by atoms with Crippen molar-refractivity contribution < 1.29 is 14.3 Å². The van der Waals surface area contributed by atoms with Gasteiger partial charge in [0.1, 0.15) is 17.3 Å². The van der Waals surface area contributed by atoms with Crippen LogP contribution < -0.4 is 14.8 Å². The number of para-hydroxylation sites is 3. The summed E-state index contributed by atoms with van der Waals surface area (Å²) in [6.45, 7) is 6.53. The minimum atomic E-state index is -0.0919. The van der Waals surface area contributed by atoms with E-state index in [1.54, 1.807) is 19.2 Å². The number of nitrogens with zero attached hydrogens (tertiary/aromatic N) is 2. The summed E-state index contributed by atoms with van der Waals surface area (Å²) >= 11 is 0. The van der Waals surface area contributed by atoms with Crippen LogP contribution in [0.3, 0.4) is 0 Å². The van der Waals surface area contributed by atoms with Crippen LogP contribution in [0.2, 0.25) is 0 Å². The fourth-order valence-electron chi connectivity index (χ4n) is 4.65. The van der Waals surface area contributed by atoms with E-state index >= 15 is 0 Å². The monoisotopic (exact) mass is 513 g/mol. The molecule has 0 atom stereocenters. The Kier molecular flexibility index (Phi) is 9.79. The van der Waals surface area contributed by atoms with E-state index in [1.807, 2.05) is 24.3 Å². The molecule has 38 heavy (non-hydrogen) atoms. The second-order valence-corrected chi connectivity index (χ2v) is 9.74. The Morgan fingerprint density at radius 2 is 1.71 bits per heavy atom. The topological polar surface area (TPSA) is 65.4 Å². The molecule has 6 nitrogen and oxygen atoms in total. The third kappa shape index (κ3) is 7.15. The predicted molar refractivity (Wildman–Crippen MR) is 153 cm³/mol. The summed E-state index contributed by atoms with van der Waals surface area (Å²) in [4.78, 5) is 17.4. The van der Waals surface area contributed by atoms with Gasteiger partial charge >= 0.3 is 0 Å². The molecule has 1 amide bonds. The smallest absolute Gasteiger partial charge is 0.255 e. The number of carbonyl (C=O) groups excluding carboxylic acids is 1. The number of amides is 1. The van der Waals surface area contributed by atoms with Crippen molar-refractivity contribution in [3.05, 3.63) is 89.2 Å². The summed E-state index contributed by atoms with van der Waals surface area (Å²) in [6.07, 6.45) is 5.94. The molecule has 0 aliphatic rings. The summed E-state index contributed by atoms with van der Waals surface area (Å²) in [6, 6.07) is 22.0. The van der Waals surface area contributed by atoms with Crippen LogP contribution >= 0.6 is 0 Å². The molecule has 4 aromatic rings. The Morgan fingerprint density at radius 3 is 2.55 bits per heavy atom. The molecule has 1 aromatic heterocycles. The number of fused-ring (bicyclic) bond motifs is 1.